The molecule has 26 heavy (non-hydrogen) atoms. The van der Waals surface area contributed by atoms with Crippen LogP contribution in [0.25, 0.3) is 11.4 Å². The minimum Gasteiger partial charge on any atom is -0.455 e. The highest BCUT2D eigenvalue weighted by Gasteiger charge is 2.30. The number of hydrogen-bond donors (Lipinski definition) is 0. The zero-order valence-electron chi connectivity index (χ0n) is 14.1. The van der Waals surface area contributed by atoms with Crippen LogP contribution in [0.2, 0.25) is 0 Å². The van der Waals surface area contributed by atoms with E-state index in [1.165, 1.54) is 28.6 Å². The third-order valence-electron chi connectivity index (χ3n) is 4.16. The molecule has 10 heteroatoms. The summed E-state index contributed by atoms with van der Waals surface area (Å²) in [6, 6.07) is 5.61. The van der Waals surface area contributed by atoms with Crippen LogP contribution in [0.1, 0.15) is 18.7 Å². The highest BCUT2D eigenvalue weighted by atomic mass is 32.2. The molecule has 1 fully saturated rings. The van der Waals surface area contributed by atoms with E-state index in [2.05, 4.69) is 10.1 Å². The van der Waals surface area contributed by atoms with Crippen LogP contribution in [0.3, 0.4) is 0 Å². The van der Waals surface area contributed by atoms with Crippen molar-refractivity contribution in [1.29, 1.82) is 0 Å². The maximum absolute atomic E-state index is 12.9. The summed E-state index contributed by atoms with van der Waals surface area (Å²) in [6.45, 7) is 0.432. The van der Waals surface area contributed by atoms with E-state index in [0.717, 1.165) is 6.26 Å². The quantitative estimate of drug-likeness (QED) is 0.722. The highest BCUT2D eigenvalue weighted by molar-refractivity contribution is 7.88. The zero-order valence-corrected chi connectivity index (χ0v) is 14.9. The largest absolute Gasteiger partial charge is 0.455 e. The Morgan fingerprint density at radius 2 is 1.96 bits per heavy atom. The summed E-state index contributed by atoms with van der Waals surface area (Å²) in [4.78, 5) is 16.2. The maximum atomic E-state index is 12.9. The van der Waals surface area contributed by atoms with Crippen molar-refractivity contribution < 1.29 is 26.9 Å². The van der Waals surface area contributed by atoms with Gasteiger partial charge in [-0.2, -0.15) is 4.98 Å². The van der Waals surface area contributed by atoms with Gasteiger partial charge in [0.15, 0.2) is 6.61 Å². The number of benzene rings is 1. The molecular formula is C16H18FN3O5S. The van der Waals surface area contributed by atoms with Gasteiger partial charge in [-0.3, -0.25) is 4.79 Å². The Morgan fingerprint density at radius 1 is 1.31 bits per heavy atom. The lowest BCUT2D eigenvalue weighted by molar-refractivity contribution is -0.152. The molecule has 1 aliphatic rings. The maximum Gasteiger partial charge on any atom is 0.309 e. The number of rotatable bonds is 5. The number of carbonyl (C=O) groups is 1. The van der Waals surface area contributed by atoms with Crippen molar-refractivity contribution in [2.24, 2.45) is 5.92 Å². The van der Waals surface area contributed by atoms with Gasteiger partial charge in [0, 0.05) is 18.7 Å². The number of esters is 1. The van der Waals surface area contributed by atoms with Gasteiger partial charge < -0.3 is 9.26 Å². The van der Waals surface area contributed by atoms with Crippen molar-refractivity contribution in [1.82, 2.24) is 14.4 Å². The minimum atomic E-state index is -3.23. The average molecular weight is 383 g/mol. The molecule has 2 aromatic rings. The van der Waals surface area contributed by atoms with Gasteiger partial charge in [0.2, 0.25) is 15.8 Å². The fourth-order valence-electron chi connectivity index (χ4n) is 2.70. The molecule has 0 aliphatic carbocycles. The lowest BCUT2D eigenvalue weighted by atomic mass is 9.98. The molecule has 0 atom stereocenters. The molecule has 2 heterocycles. The van der Waals surface area contributed by atoms with Crippen LogP contribution >= 0.6 is 0 Å². The van der Waals surface area contributed by atoms with Crippen molar-refractivity contribution in [3.05, 3.63) is 36.0 Å². The second-order valence-corrected chi connectivity index (χ2v) is 8.05. The topological polar surface area (TPSA) is 103 Å². The van der Waals surface area contributed by atoms with Crippen molar-refractivity contribution in [2.75, 3.05) is 19.3 Å². The van der Waals surface area contributed by atoms with E-state index in [1.807, 2.05) is 0 Å². The van der Waals surface area contributed by atoms with Crippen molar-refractivity contribution in [3.63, 3.8) is 0 Å². The molecule has 0 unspecified atom stereocenters. The average Bonchev–Trinajstić information content (AvgIpc) is 3.08. The van der Waals surface area contributed by atoms with Gasteiger partial charge in [0.1, 0.15) is 5.82 Å². The van der Waals surface area contributed by atoms with Crippen molar-refractivity contribution >= 4 is 16.0 Å². The van der Waals surface area contributed by atoms with Crippen LogP contribution in [0.5, 0.6) is 0 Å². The Hall–Kier alpha value is -2.33. The number of piperidine rings is 1. The van der Waals surface area contributed by atoms with Crippen LogP contribution in [-0.4, -0.2) is 48.2 Å². The molecule has 0 N–H and O–H groups in total. The first-order chi connectivity index (χ1) is 12.3. The molecule has 1 aromatic heterocycles. The van der Waals surface area contributed by atoms with E-state index in [9.17, 15) is 17.6 Å². The van der Waals surface area contributed by atoms with Gasteiger partial charge in [0.25, 0.3) is 5.89 Å². The zero-order chi connectivity index (χ0) is 18.7. The normalized spacial score (nSPS) is 16.5. The van der Waals surface area contributed by atoms with Crippen LogP contribution in [0, 0.1) is 11.7 Å². The highest BCUT2D eigenvalue weighted by Crippen LogP contribution is 2.21. The molecule has 8 nitrogen and oxygen atoms in total. The van der Waals surface area contributed by atoms with E-state index < -0.39 is 16.0 Å². The third-order valence-corrected chi connectivity index (χ3v) is 5.47. The van der Waals surface area contributed by atoms with Gasteiger partial charge in [0.05, 0.1) is 12.2 Å². The number of carbonyl (C=O) groups excluding carboxylic acids is 1. The third kappa shape index (κ3) is 4.44. The molecule has 0 saturated carbocycles. The van der Waals surface area contributed by atoms with Crippen LogP contribution < -0.4 is 0 Å². The van der Waals surface area contributed by atoms with Crippen LogP contribution in [-0.2, 0) is 26.2 Å². The molecule has 0 radical (unpaired) electrons. The molecule has 3 rings (SSSR count). The van der Waals surface area contributed by atoms with Crippen molar-refractivity contribution in [2.45, 2.75) is 19.4 Å². The van der Waals surface area contributed by atoms with Crippen molar-refractivity contribution in [3.8, 4) is 11.4 Å². The standard InChI is InChI=1S/C16H18FN3O5S/c1-26(22,23)20-8-6-12(7-9-20)16(21)24-10-14-18-15(19-25-14)11-2-4-13(17)5-3-11/h2-5,12H,6-10H2,1H3. The fourth-order valence-corrected chi connectivity index (χ4v) is 3.58. The number of hydrogen-bond acceptors (Lipinski definition) is 7. The Morgan fingerprint density at radius 3 is 2.58 bits per heavy atom. The van der Waals surface area contributed by atoms with Gasteiger partial charge in [-0.15, -0.1) is 0 Å². The predicted octanol–water partition coefficient (Wildman–Crippen LogP) is 1.59. The Balaban J connectivity index is 1.52. The number of halogens is 1. The smallest absolute Gasteiger partial charge is 0.309 e. The Kier molecular flexibility index (Phi) is 5.33. The Bertz CT molecular complexity index is 874. The lowest BCUT2D eigenvalue weighted by Gasteiger charge is -2.28. The molecule has 0 bridgehead atoms. The van der Waals surface area contributed by atoms with Crippen LogP contribution in [0.15, 0.2) is 28.8 Å². The first kappa shape index (κ1) is 18.5. The summed E-state index contributed by atoms with van der Waals surface area (Å²) in [7, 11) is -3.23. The lowest BCUT2D eigenvalue weighted by Crippen LogP contribution is -2.40. The molecule has 1 aromatic carbocycles. The summed E-state index contributed by atoms with van der Waals surface area (Å²) in [5.41, 5.74) is 0.584. The molecule has 140 valence electrons. The summed E-state index contributed by atoms with van der Waals surface area (Å²) in [6.07, 6.45) is 1.98. The predicted molar refractivity (Wildman–Crippen MR) is 88.6 cm³/mol. The molecule has 0 amide bonds. The van der Waals surface area contributed by atoms with Gasteiger partial charge in [-0.1, -0.05) is 5.16 Å². The monoisotopic (exact) mass is 383 g/mol. The van der Waals surface area contributed by atoms with Crippen LogP contribution in [0.4, 0.5) is 4.39 Å². The number of nitrogens with zero attached hydrogens (tertiary/aromatic N) is 3. The molecule has 0 spiro atoms. The van der Waals surface area contributed by atoms with E-state index in [0.29, 0.717) is 31.5 Å². The second kappa shape index (κ2) is 7.50. The van der Waals surface area contributed by atoms with E-state index in [-0.39, 0.29) is 30.1 Å². The van der Waals surface area contributed by atoms with Gasteiger partial charge in [-0.05, 0) is 37.1 Å². The fraction of sp³-hybridized carbons (Fsp3) is 0.438. The van der Waals surface area contributed by atoms with E-state index in [4.69, 9.17) is 9.26 Å². The van der Waals surface area contributed by atoms with E-state index in [1.54, 1.807) is 0 Å². The molecular weight excluding hydrogens is 365 g/mol. The molecule has 1 saturated heterocycles. The summed E-state index contributed by atoms with van der Waals surface area (Å²) >= 11 is 0. The van der Waals surface area contributed by atoms with Gasteiger partial charge in [-0.25, -0.2) is 17.1 Å². The second-order valence-electron chi connectivity index (χ2n) is 6.06. The first-order valence-corrected chi connectivity index (χ1v) is 9.88. The minimum absolute atomic E-state index is 0.131. The summed E-state index contributed by atoms with van der Waals surface area (Å²) < 4.78 is 47.4. The number of sulfonamides is 1. The van der Waals surface area contributed by atoms with E-state index >= 15 is 0 Å². The molecule has 1 aliphatic heterocycles. The Labute approximate surface area is 150 Å². The number of ether oxygens (including phenoxy) is 1. The summed E-state index contributed by atoms with van der Waals surface area (Å²) in [5, 5.41) is 3.77. The first-order valence-electron chi connectivity index (χ1n) is 8.03. The SMILES string of the molecule is CS(=O)(=O)N1CCC(C(=O)OCc2nc(-c3ccc(F)cc3)no2)CC1. The number of aromatic nitrogens is 2. The summed E-state index contributed by atoms with van der Waals surface area (Å²) in [5.74, 6) is -0.732. The van der Waals surface area contributed by atoms with Gasteiger partial charge >= 0.3 is 5.97 Å².